The van der Waals surface area contributed by atoms with Gasteiger partial charge in [0.05, 0.1) is 6.42 Å². The highest BCUT2D eigenvalue weighted by Gasteiger charge is 1.96. The molecule has 15 heavy (non-hydrogen) atoms. The second kappa shape index (κ2) is 6.16. The molecule has 0 aromatic heterocycles. The summed E-state index contributed by atoms with van der Waals surface area (Å²) < 4.78 is 0. The summed E-state index contributed by atoms with van der Waals surface area (Å²) in [4.78, 5) is 10.2. The van der Waals surface area contributed by atoms with Gasteiger partial charge in [-0.25, -0.2) is 0 Å². The smallest absolute Gasteiger partial charge is 0.304 e. The molecule has 0 heterocycles. The lowest BCUT2D eigenvalue weighted by Gasteiger charge is -2.04. The lowest BCUT2D eigenvalue weighted by Crippen LogP contribution is -2.17. The van der Waals surface area contributed by atoms with Gasteiger partial charge in [-0.15, -0.1) is 0 Å². The fourth-order valence-electron chi connectivity index (χ4n) is 1.22. The number of carboxylic acids is 1. The maximum atomic E-state index is 10.2. The van der Waals surface area contributed by atoms with Crippen molar-refractivity contribution < 1.29 is 9.90 Å². The summed E-state index contributed by atoms with van der Waals surface area (Å²) >= 11 is 0. The van der Waals surface area contributed by atoms with Gasteiger partial charge in [0.1, 0.15) is 0 Å². The average molecular weight is 208 g/mol. The molecule has 0 aliphatic carbocycles. The Morgan fingerprint density at radius 1 is 1.27 bits per heavy atom. The number of aliphatic carboxylic acids is 1. The number of hydrogen-bond acceptors (Lipinski definition) is 3. The van der Waals surface area contributed by atoms with Gasteiger partial charge in [-0.05, 0) is 11.1 Å². The van der Waals surface area contributed by atoms with Gasteiger partial charge in [0.2, 0.25) is 0 Å². The number of carbonyl (C=O) groups is 1. The van der Waals surface area contributed by atoms with E-state index in [0.29, 0.717) is 19.6 Å². The molecule has 0 radical (unpaired) electrons. The molecule has 0 bridgehead atoms. The van der Waals surface area contributed by atoms with E-state index in [0.717, 1.165) is 11.1 Å². The van der Waals surface area contributed by atoms with E-state index in [1.165, 1.54) is 0 Å². The van der Waals surface area contributed by atoms with Gasteiger partial charge in [-0.3, -0.25) is 4.79 Å². The second-order valence-electron chi connectivity index (χ2n) is 3.34. The van der Waals surface area contributed by atoms with Gasteiger partial charge in [0, 0.05) is 19.6 Å². The van der Waals surface area contributed by atoms with Crippen molar-refractivity contribution in [3.63, 3.8) is 0 Å². The van der Waals surface area contributed by atoms with Crippen LogP contribution in [0.4, 0.5) is 0 Å². The van der Waals surface area contributed by atoms with Crippen LogP contribution in [0.15, 0.2) is 24.3 Å². The third kappa shape index (κ3) is 4.58. The van der Waals surface area contributed by atoms with Crippen molar-refractivity contribution in [1.29, 1.82) is 0 Å². The maximum Gasteiger partial charge on any atom is 0.304 e. The minimum atomic E-state index is -0.777. The molecule has 1 rings (SSSR count). The van der Waals surface area contributed by atoms with Crippen molar-refractivity contribution in [1.82, 2.24) is 5.32 Å². The SMILES string of the molecule is NCc1ccc(CNCCC(=O)O)cc1. The van der Waals surface area contributed by atoms with Gasteiger partial charge >= 0.3 is 5.97 Å². The van der Waals surface area contributed by atoms with E-state index in [2.05, 4.69) is 5.32 Å². The molecule has 0 fully saturated rings. The van der Waals surface area contributed by atoms with Crippen LogP contribution < -0.4 is 11.1 Å². The molecule has 0 amide bonds. The maximum absolute atomic E-state index is 10.2. The molecule has 0 spiro atoms. The van der Waals surface area contributed by atoms with Gasteiger partial charge in [-0.1, -0.05) is 24.3 Å². The minimum absolute atomic E-state index is 0.154. The molecule has 1 aromatic rings. The highest BCUT2D eigenvalue weighted by Crippen LogP contribution is 2.03. The quantitative estimate of drug-likeness (QED) is 0.602. The Morgan fingerprint density at radius 2 is 1.87 bits per heavy atom. The number of benzene rings is 1. The predicted molar refractivity (Wildman–Crippen MR) is 58.3 cm³/mol. The van der Waals surface area contributed by atoms with Crippen molar-refractivity contribution in [2.45, 2.75) is 19.5 Å². The molecule has 0 saturated heterocycles. The molecule has 82 valence electrons. The standard InChI is InChI=1S/C11H16N2O2/c12-7-9-1-3-10(4-2-9)8-13-6-5-11(14)15/h1-4,13H,5-8,12H2,(H,14,15). The van der Waals surface area contributed by atoms with Crippen LogP contribution in [0.2, 0.25) is 0 Å². The van der Waals surface area contributed by atoms with Crippen LogP contribution in [0.5, 0.6) is 0 Å². The third-order valence-electron chi connectivity index (χ3n) is 2.10. The lowest BCUT2D eigenvalue weighted by atomic mass is 10.1. The zero-order valence-corrected chi connectivity index (χ0v) is 8.57. The summed E-state index contributed by atoms with van der Waals surface area (Å²) in [7, 11) is 0. The number of nitrogens with one attached hydrogen (secondary N) is 1. The Morgan fingerprint density at radius 3 is 2.40 bits per heavy atom. The van der Waals surface area contributed by atoms with E-state index >= 15 is 0 Å². The van der Waals surface area contributed by atoms with Crippen molar-refractivity contribution in [3.05, 3.63) is 35.4 Å². The van der Waals surface area contributed by atoms with Crippen LogP contribution in [-0.4, -0.2) is 17.6 Å². The molecule has 0 saturated carbocycles. The predicted octanol–water partition coefficient (Wildman–Crippen LogP) is 0.710. The Labute approximate surface area is 89.1 Å². The summed E-state index contributed by atoms with van der Waals surface area (Å²) in [6.07, 6.45) is 0.154. The average Bonchev–Trinajstić information content (AvgIpc) is 2.25. The first-order valence-corrected chi connectivity index (χ1v) is 4.93. The summed E-state index contributed by atoms with van der Waals surface area (Å²) in [6.45, 7) is 1.73. The Balaban J connectivity index is 2.28. The van der Waals surface area contributed by atoms with Crippen molar-refractivity contribution in [2.75, 3.05) is 6.54 Å². The molecule has 0 aliphatic rings. The molecular formula is C11H16N2O2. The first-order valence-electron chi connectivity index (χ1n) is 4.93. The van der Waals surface area contributed by atoms with Crippen molar-refractivity contribution in [2.24, 2.45) is 5.73 Å². The summed E-state index contributed by atoms with van der Waals surface area (Å²) in [5.41, 5.74) is 7.71. The zero-order valence-electron chi connectivity index (χ0n) is 8.57. The van der Waals surface area contributed by atoms with Crippen molar-refractivity contribution in [3.8, 4) is 0 Å². The molecule has 0 aliphatic heterocycles. The molecule has 4 N–H and O–H groups in total. The van der Waals surface area contributed by atoms with Gasteiger partial charge < -0.3 is 16.2 Å². The first-order chi connectivity index (χ1) is 7.22. The molecule has 4 nitrogen and oxygen atoms in total. The minimum Gasteiger partial charge on any atom is -0.481 e. The van der Waals surface area contributed by atoms with Crippen molar-refractivity contribution >= 4 is 5.97 Å². The highest BCUT2D eigenvalue weighted by atomic mass is 16.4. The Hall–Kier alpha value is -1.39. The third-order valence-corrected chi connectivity index (χ3v) is 2.10. The molecule has 4 heteroatoms. The molecule has 0 unspecified atom stereocenters. The fraction of sp³-hybridized carbons (Fsp3) is 0.364. The monoisotopic (exact) mass is 208 g/mol. The second-order valence-corrected chi connectivity index (χ2v) is 3.34. The van der Waals surface area contributed by atoms with Crippen LogP contribution in [0.25, 0.3) is 0 Å². The summed E-state index contributed by atoms with van der Waals surface area (Å²) in [5.74, 6) is -0.777. The number of nitrogens with two attached hydrogens (primary N) is 1. The van der Waals surface area contributed by atoms with Gasteiger partial charge in [-0.2, -0.15) is 0 Å². The van der Waals surface area contributed by atoms with E-state index in [1.54, 1.807) is 0 Å². The van der Waals surface area contributed by atoms with E-state index in [9.17, 15) is 4.79 Å². The topological polar surface area (TPSA) is 75.3 Å². The Bertz CT molecular complexity index is 309. The Kier molecular flexibility index (Phi) is 4.80. The zero-order chi connectivity index (χ0) is 11.1. The number of carboxylic acid groups (broad SMARTS) is 1. The van der Waals surface area contributed by atoms with Crippen LogP contribution in [-0.2, 0) is 17.9 Å². The fourth-order valence-corrected chi connectivity index (χ4v) is 1.22. The van der Waals surface area contributed by atoms with Crippen LogP contribution in [0.1, 0.15) is 17.5 Å². The van der Waals surface area contributed by atoms with Crippen LogP contribution >= 0.6 is 0 Å². The normalized spacial score (nSPS) is 10.2. The van der Waals surface area contributed by atoms with Crippen LogP contribution in [0.3, 0.4) is 0 Å². The summed E-state index contributed by atoms with van der Waals surface area (Å²) in [6, 6.07) is 7.95. The lowest BCUT2D eigenvalue weighted by molar-refractivity contribution is -0.136. The van der Waals surface area contributed by atoms with E-state index in [-0.39, 0.29) is 6.42 Å². The number of hydrogen-bond donors (Lipinski definition) is 3. The molecular weight excluding hydrogens is 192 g/mol. The van der Waals surface area contributed by atoms with E-state index in [4.69, 9.17) is 10.8 Å². The number of rotatable bonds is 6. The molecule has 1 aromatic carbocycles. The summed E-state index contributed by atoms with van der Waals surface area (Å²) in [5, 5.41) is 11.5. The highest BCUT2D eigenvalue weighted by molar-refractivity contribution is 5.66. The van der Waals surface area contributed by atoms with Gasteiger partial charge in [0.25, 0.3) is 0 Å². The molecule has 0 atom stereocenters. The first kappa shape index (κ1) is 11.7. The van der Waals surface area contributed by atoms with Crippen LogP contribution in [0, 0.1) is 0 Å². The van der Waals surface area contributed by atoms with E-state index in [1.807, 2.05) is 24.3 Å². The largest absolute Gasteiger partial charge is 0.481 e. The van der Waals surface area contributed by atoms with Gasteiger partial charge in [0.15, 0.2) is 0 Å². The van der Waals surface area contributed by atoms with E-state index < -0.39 is 5.97 Å².